The number of rotatable bonds is 2. The summed E-state index contributed by atoms with van der Waals surface area (Å²) in [5, 5.41) is 58.9. The number of phenols is 1. The molecule has 360 valence electrons. The Morgan fingerprint density at radius 1 is 1.05 bits per heavy atom. The number of ether oxygens (including phenoxy) is 2. The van der Waals surface area contributed by atoms with E-state index < -0.39 is 41.7 Å². The molecule has 2 saturated heterocycles. The van der Waals surface area contributed by atoms with Gasteiger partial charge in [-0.05, 0) is 137 Å². The fourth-order valence-electron chi connectivity index (χ4n) is 14.6. The molecule has 11 rings (SSSR count). The fraction of sp³-hybridized carbons (Fsp3) is 0.731. The highest BCUT2D eigenvalue weighted by atomic mass is 33.1. The number of carbonyl (C=O) groups is 1. The number of hydrogen-bond donors (Lipinski definition) is 8. The molecule has 9 N–H and O–H groups in total. The minimum atomic E-state index is -1.04. The van der Waals surface area contributed by atoms with Crippen LogP contribution in [0.5, 0.6) is 11.5 Å². The second-order valence-electron chi connectivity index (χ2n) is 22.0. The smallest absolute Gasteiger partial charge is 0.302 e. The first-order valence-electron chi connectivity index (χ1n) is 25.3. The summed E-state index contributed by atoms with van der Waals surface area (Å²) < 4.78 is 13.0. The zero-order chi connectivity index (χ0) is 45.7. The monoisotopic (exact) mass is 943 g/mol. The number of aliphatic hydroxyl groups is 3. The molecule has 5 aliphatic heterocycles. The van der Waals surface area contributed by atoms with E-state index >= 15 is 0 Å². The van der Waals surface area contributed by atoms with Crippen LogP contribution in [0, 0.1) is 46.3 Å². The number of nitrogens with one attached hydrogen (secondary N) is 3. The van der Waals surface area contributed by atoms with Gasteiger partial charge >= 0.3 is 5.97 Å². The average molecular weight is 944 g/mol. The van der Waals surface area contributed by atoms with Crippen molar-refractivity contribution in [3.8, 4) is 23.3 Å². The molecule has 10 aliphatic rings. The van der Waals surface area contributed by atoms with Crippen LogP contribution in [0.15, 0.2) is 41.4 Å². The molecule has 0 radical (unpaired) electrons. The van der Waals surface area contributed by atoms with Gasteiger partial charge in [-0.1, -0.05) is 70.6 Å². The van der Waals surface area contributed by atoms with Gasteiger partial charge in [0.05, 0.1) is 35.8 Å². The Morgan fingerprint density at radius 2 is 1.92 bits per heavy atom. The number of allylic oxidation sites excluding steroid dienone is 2. The summed E-state index contributed by atoms with van der Waals surface area (Å²) in [5.74, 6) is 9.13. The van der Waals surface area contributed by atoms with Crippen molar-refractivity contribution in [1.82, 2.24) is 16.0 Å². The summed E-state index contributed by atoms with van der Waals surface area (Å²) >= 11 is 0. The number of nitrogens with two attached hydrogens (primary N) is 1. The maximum atomic E-state index is 13.0. The lowest BCUT2D eigenvalue weighted by Gasteiger charge is -2.54. The first-order valence-corrected chi connectivity index (χ1v) is 27.7. The van der Waals surface area contributed by atoms with E-state index in [1.807, 2.05) is 33.7 Å². The molecular formula is C52H73N5O7S2. The Balaban J connectivity index is 1.11. The quantitative estimate of drug-likeness (QED) is 0.0727. The molecular weight excluding hydrogens is 871 g/mol. The molecule has 1 aromatic rings. The molecule has 0 unspecified atom stereocenters. The first-order chi connectivity index (χ1) is 31.9. The Kier molecular flexibility index (Phi) is 13.6. The Bertz CT molecular complexity index is 2120. The van der Waals surface area contributed by atoms with Crippen LogP contribution in [0.1, 0.15) is 127 Å². The van der Waals surface area contributed by atoms with Crippen molar-refractivity contribution in [2.45, 2.75) is 182 Å². The van der Waals surface area contributed by atoms with Crippen molar-refractivity contribution in [2.24, 2.45) is 45.2 Å². The summed E-state index contributed by atoms with van der Waals surface area (Å²) in [6.45, 7) is 2.81. The molecule has 14 heteroatoms. The SMILES string of the molecule is CC(=O)O[C@H]1C[C@@H](O)CC[C@]23C#C[C@H]4CCC[C@]5(C[C@@H](CCN5)Oc5cc(c(CO)cc5O)C[C@@H]14)[C@H]1CC[C@@H](CN1)SSC[C@@]1(C[C@@H]4C=C[C@H]5CCC[C@]5(C4)C1)NC(N)=N[C@@H]2C=CC[C@@H]3O. The molecule has 5 heterocycles. The number of piperidine rings is 2. The van der Waals surface area contributed by atoms with E-state index in [2.05, 4.69) is 46.0 Å². The van der Waals surface area contributed by atoms with Crippen LogP contribution in [0.3, 0.4) is 0 Å². The van der Waals surface area contributed by atoms with Crippen LogP contribution >= 0.6 is 21.6 Å². The van der Waals surface area contributed by atoms with Crippen molar-refractivity contribution < 1.29 is 34.7 Å². The third kappa shape index (κ3) is 9.29. The van der Waals surface area contributed by atoms with E-state index in [-0.39, 0.29) is 53.3 Å². The number of aliphatic imine (C=N–C) groups is 1. The van der Waals surface area contributed by atoms with Crippen molar-refractivity contribution in [1.29, 1.82) is 0 Å². The number of fused-ring (bicyclic) bond motifs is 9. The van der Waals surface area contributed by atoms with E-state index in [0.29, 0.717) is 66.5 Å². The van der Waals surface area contributed by atoms with Crippen LogP contribution in [0.25, 0.3) is 0 Å². The molecule has 66 heavy (non-hydrogen) atoms. The number of guanidine groups is 1. The van der Waals surface area contributed by atoms with Gasteiger partial charge in [-0.25, -0.2) is 4.99 Å². The molecule has 5 aliphatic carbocycles. The van der Waals surface area contributed by atoms with Gasteiger partial charge in [0.15, 0.2) is 17.5 Å². The summed E-state index contributed by atoms with van der Waals surface area (Å²) in [6.07, 6.45) is 21.3. The topological polar surface area (TPSA) is 191 Å². The molecule has 4 fully saturated rings. The van der Waals surface area contributed by atoms with E-state index in [0.717, 1.165) is 75.8 Å². The van der Waals surface area contributed by atoms with Gasteiger partial charge in [0.25, 0.3) is 0 Å². The van der Waals surface area contributed by atoms with Crippen molar-refractivity contribution in [3.05, 3.63) is 47.6 Å². The van der Waals surface area contributed by atoms with Gasteiger partial charge in [0.2, 0.25) is 0 Å². The van der Waals surface area contributed by atoms with Crippen molar-refractivity contribution in [2.75, 3.05) is 18.8 Å². The molecule has 15 atom stereocenters. The number of esters is 1. The Hall–Kier alpha value is -2.90. The van der Waals surface area contributed by atoms with Crippen LogP contribution < -0.4 is 26.4 Å². The molecule has 10 bridgehead atoms. The number of carbonyl (C=O) groups excluding carboxylic acids is 1. The predicted molar refractivity (Wildman–Crippen MR) is 261 cm³/mol. The maximum absolute atomic E-state index is 13.0. The fourth-order valence-corrected chi connectivity index (χ4v) is 17.8. The lowest BCUT2D eigenvalue weighted by molar-refractivity contribution is -0.152. The van der Waals surface area contributed by atoms with E-state index in [9.17, 15) is 25.2 Å². The Morgan fingerprint density at radius 3 is 2.76 bits per heavy atom. The minimum Gasteiger partial charge on any atom is -0.504 e. The van der Waals surface area contributed by atoms with Crippen LogP contribution in [0.4, 0.5) is 0 Å². The zero-order valence-electron chi connectivity index (χ0n) is 38.7. The molecule has 0 amide bonds. The van der Waals surface area contributed by atoms with E-state index in [1.165, 1.54) is 32.6 Å². The number of aliphatic hydroxyl groups excluding tert-OH is 3. The highest BCUT2D eigenvalue weighted by molar-refractivity contribution is 8.77. The third-order valence-electron chi connectivity index (χ3n) is 17.7. The summed E-state index contributed by atoms with van der Waals surface area (Å²) in [7, 11) is 4.01. The molecule has 2 saturated carbocycles. The first kappa shape index (κ1) is 46.8. The van der Waals surface area contributed by atoms with E-state index in [1.54, 1.807) is 6.07 Å². The van der Waals surface area contributed by atoms with Crippen molar-refractivity contribution in [3.63, 3.8) is 0 Å². The standard InChI is InChI=1S/C52H73N5O7S2/c1-32(59)63-43-24-38(60)14-19-51-18-13-34-5-3-17-52(27-39(15-20-55-52)64-44-23-35(21-41(34)43)36(29-58)22-42(44)61)46-12-11-40(28-54-46)66-65-31-50(57-48(53)56-45(51)7-2-8-47(51)62)26-33-9-10-37-6-4-16-49(37,25-33)30-50/h2,7,9-10,22-23,33-34,37-41,43,45-47,54-55,58,60-62H,3-6,8,11-12,14-17,19-21,24-31H2,1H3,(H3,53,56,57)/t33-,34-,37-,38+,39-,40+,41-,43+,45-,46-,47+,49+,50+,51-,52+/m1/s1. The van der Waals surface area contributed by atoms with Crippen LogP contribution in [-0.2, 0) is 22.6 Å². The lowest BCUT2D eigenvalue weighted by Crippen LogP contribution is -2.66. The molecule has 4 spiro atoms. The van der Waals surface area contributed by atoms with Crippen LogP contribution in [0.2, 0.25) is 0 Å². The minimum absolute atomic E-state index is 0.0133. The number of nitrogens with zero attached hydrogens (tertiary/aromatic N) is 1. The molecule has 12 nitrogen and oxygen atoms in total. The second kappa shape index (κ2) is 19.1. The summed E-state index contributed by atoms with van der Waals surface area (Å²) in [6, 6.07) is 3.10. The van der Waals surface area contributed by atoms with E-state index in [4.69, 9.17) is 20.2 Å². The van der Waals surface area contributed by atoms with Gasteiger partial charge in [-0.15, -0.1) is 0 Å². The van der Waals surface area contributed by atoms with Gasteiger partial charge in [-0.3, -0.25) is 4.79 Å². The van der Waals surface area contributed by atoms with Gasteiger partial charge < -0.3 is 51.6 Å². The lowest BCUT2D eigenvalue weighted by atomic mass is 9.56. The summed E-state index contributed by atoms with van der Waals surface area (Å²) in [5.41, 5.74) is 7.21. The van der Waals surface area contributed by atoms with Gasteiger partial charge in [-0.2, -0.15) is 0 Å². The predicted octanol–water partition coefficient (Wildman–Crippen LogP) is 6.18. The van der Waals surface area contributed by atoms with Gasteiger partial charge in [0, 0.05) is 60.7 Å². The molecule has 1 aromatic carbocycles. The van der Waals surface area contributed by atoms with Crippen LogP contribution in [-0.4, -0.2) is 104 Å². The average Bonchev–Trinajstić information content (AvgIpc) is 3.68. The highest BCUT2D eigenvalue weighted by Crippen LogP contribution is 2.60. The molecule has 0 aromatic heterocycles. The number of phenolic OH excluding ortho intramolecular Hbond substituents is 1. The van der Waals surface area contributed by atoms with Gasteiger partial charge in [0.1, 0.15) is 12.2 Å². The zero-order valence-corrected chi connectivity index (χ0v) is 40.4. The number of aromatic hydroxyl groups is 1. The third-order valence-corrected chi connectivity index (χ3v) is 20.8. The normalized spacial score (nSPS) is 43.4. The maximum Gasteiger partial charge on any atom is 0.302 e. The van der Waals surface area contributed by atoms with Crippen molar-refractivity contribution >= 4 is 33.5 Å². The number of benzene rings is 1. The summed E-state index contributed by atoms with van der Waals surface area (Å²) in [4.78, 5) is 18.3. The Labute approximate surface area is 399 Å². The number of hydrogen-bond acceptors (Lipinski definition) is 14. The highest BCUT2D eigenvalue weighted by Gasteiger charge is 2.55. The largest absolute Gasteiger partial charge is 0.504 e. The second-order valence-corrected chi connectivity index (χ2v) is 24.6.